The first kappa shape index (κ1) is 30.8. The molecule has 2 aromatic carbocycles. The molecule has 1 amide bonds. The summed E-state index contributed by atoms with van der Waals surface area (Å²) in [5.41, 5.74) is 5.53. The summed E-state index contributed by atoms with van der Waals surface area (Å²) in [6.45, 7) is 13.8. The van der Waals surface area contributed by atoms with Crippen LogP contribution in [-0.2, 0) is 4.79 Å². The molecule has 44 heavy (non-hydrogen) atoms. The Kier molecular flexibility index (Phi) is 9.35. The van der Waals surface area contributed by atoms with Gasteiger partial charge in [-0.15, -0.1) is 0 Å². The zero-order valence-electron chi connectivity index (χ0n) is 26.3. The van der Waals surface area contributed by atoms with Crippen LogP contribution in [0, 0.1) is 0 Å². The number of piperazine rings is 1. The zero-order valence-corrected chi connectivity index (χ0v) is 26.3. The normalized spacial score (nSPS) is 15.2. The number of anilines is 3. The fourth-order valence-corrected chi connectivity index (χ4v) is 5.70. The smallest absolute Gasteiger partial charge is 0.257 e. The first-order valence-electron chi connectivity index (χ1n) is 15.2. The van der Waals surface area contributed by atoms with E-state index in [9.17, 15) is 9.59 Å². The lowest BCUT2D eigenvalue weighted by Crippen LogP contribution is -2.44. The van der Waals surface area contributed by atoms with E-state index in [4.69, 9.17) is 9.73 Å². The number of carbonyl (C=O) groups is 1. The number of aromatic nitrogens is 1. The quantitative estimate of drug-likeness (QED) is 0.358. The third-order valence-electron chi connectivity index (χ3n) is 8.28. The van der Waals surface area contributed by atoms with Gasteiger partial charge in [0.15, 0.2) is 0 Å². The maximum absolute atomic E-state index is 13.8. The van der Waals surface area contributed by atoms with Crippen molar-refractivity contribution in [1.29, 1.82) is 0 Å². The number of benzene rings is 2. The summed E-state index contributed by atoms with van der Waals surface area (Å²) in [5.74, 6) is 1.22. The molecule has 1 saturated heterocycles. The lowest BCUT2D eigenvalue weighted by Gasteiger charge is -2.34. The second kappa shape index (κ2) is 13.3. The van der Waals surface area contributed by atoms with Gasteiger partial charge in [0.2, 0.25) is 5.91 Å². The molecule has 0 aliphatic carbocycles. The Hall–Kier alpha value is -4.63. The van der Waals surface area contributed by atoms with Crippen LogP contribution >= 0.6 is 0 Å². The Morgan fingerprint density at radius 1 is 1.09 bits per heavy atom. The summed E-state index contributed by atoms with van der Waals surface area (Å²) >= 11 is 0. The fraction of sp³-hybridized carbons (Fsp3) is 0.343. The number of ether oxygens (including phenoxy) is 1. The Labute approximate surface area is 258 Å². The van der Waals surface area contributed by atoms with E-state index in [1.807, 2.05) is 18.2 Å². The highest BCUT2D eigenvalue weighted by Crippen LogP contribution is 2.32. The second-order valence-electron chi connectivity index (χ2n) is 11.5. The summed E-state index contributed by atoms with van der Waals surface area (Å²) < 4.78 is 7.48. The van der Waals surface area contributed by atoms with Crippen molar-refractivity contribution < 1.29 is 9.53 Å². The molecule has 2 aliphatic heterocycles. The number of rotatable bonds is 9. The molecule has 0 unspecified atom stereocenters. The van der Waals surface area contributed by atoms with E-state index < -0.39 is 0 Å². The summed E-state index contributed by atoms with van der Waals surface area (Å²) in [5, 5.41) is 7.29. The topological polar surface area (TPSA) is 91.2 Å². The maximum atomic E-state index is 13.8. The molecule has 5 rings (SSSR count). The number of likely N-dealkylation sites (N-methyl/N-ethyl adjacent to an activating group) is 1. The van der Waals surface area contributed by atoms with Crippen molar-refractivity contribution in [2.45, 2.75) is 39.5 Å². The number of fused-ring (bicyclic) bond motifs is 1. The molecule has 0 radical (unpaired) electrons. The van der Waals surface area contributed by atoms with Crippen LogP contribution in [0.15, 0.2) is 82.4 Å². The minimum absolute atomic E-state index is 0.123. The number of hydrogen-bond donors (Lipinski definition) is 2. The zero-order chi connectivity index (χ0) is 31.4. The highest BCUT2D eigenvalue weighted by Gasteiger charge is 2.19. The Balaban J connectivity index is 1.63. The molecular formula is C35H42N6O3. The molecule has 2 N–H and O–H groups in total. The fourth-order valence-electron chi connectivity index (χ4n) is 5.70. The number of allylic oxidation sites excluding steroid dienone is 1. The largest absolute Gasteiger partial charge is 0.494 e. The van der Waals surface area contributed by atoms with Crippen molar-refractivity contribution in [1.82, 2.24) is 9.47 Å². The van der Waals surface area contributed by atoms with Crippen LogP contribution in [0.2, 0.25) is 0 Å². The van der Waals surface area contributed by atoms with E-state index in [1.165, 1.54) is 6.08 Å². The Bertz CT molecular complexity index is 1780. The Morgan fingerprint density at radius 2 is 1.86 bits per heavy atom. The summed E-state index contributed by atoms with van der Waals surface area (Å²) in [6, 6.07) is 15.1. The van der Waals surface area contributed by atoms with Crippen LogP contribution in [-0.4, -0.2) is 55.7 Å². The third kappa shape index (κ3) is 6.48. The third-order valence-corrected chi connectivity index (χ3v) is 8.28. The van der Waals surface area contributed by atoms with Crippen molar-refractivity contribution in [3.8, 4) is 11.4 Å². The molecule has 1 aromatic heterocycles. The second-order valence-corrected chi connectivity index (χ2v) is 11.5. The van der Waals surface area contributed by atoms with Crippen LogP contribution in [0.4, 0.5) is 17.1 Å². The van der Waals surface area contributed by atoms with Crippen molar-refractivity contribution >= 4 is 29.0 Å². The van der Waals surface area contributed by atoms with Gasteiger partial charge in [0.1, 0.15) is 17.1 Å². The van der Waals surface area contributed by atoms with Crippen LogP contribution in [0.25, 0.3) is 11.8 Å². The summed E-state index contributed by atoms with van der Waals surface area (Å²) in [6.07, 6.45) is 4.86. The average Bonchev–Trinajstić information content (AvgIpc) is 3.20. The lowest BCUT2D eigenvalue weighted by atomic mass is 10.0. The molecule has 0 spiro atoms. The molecule has 0 atom stereocenters. The van der Waals surface area contributed by atoms with Gasteiger partial charge in [-0.05, 0) is 73.4 Å². The SMILES string of the molecule is C=CC(=O)Nc1cccc(-n2c(=O)cc(C(C)C)c3c2=NC(Nc2ccc(N4CCN(C)CC4)cc2OC)=C(CC)CC=3)c1. The number of nitrogens with one attached hydrogen (secondary N) is 2. The van der Waals surface area contributed by atoms with Gasteiger partial charge < -0.3 is 25.2 Å². The Morgan fingerprint density at radius 3 is 2.55 bits per heavy atom. The van der Waals surface area contributed by atoms with Gasteiger partial charge in [-0.3, -0.25) is 14.2 Å². The minimum Gasteiger partial charge on any atom is -0.494 e. The highest BCUT2D eigenvalue weighted by atomic mass is 16.5. The first-order chi connectivity index (χ1) is 21.2. The van der Waals surface area contributed by atoms with Gasteiger partial charge >= 0.3 is 0 Å². The van der Waals surface area contributed by atoms with E-state index in [2.05, 4.69) is 73.0 Å². The minimum atomic E-state index is -0.323. The van der Waals surface area contributed by atoms with Crippen molar-refractivity contribution in [3.63, 3.8) is 0 Å². The van der Waals surface area contributed by atoms with Crippen LogP contribution in [0.5, 0.6) is 5.75 Å². The van der Waals surface area contributed by atoms with Gasteiger partial charge in [0.05, 0.1) is 18.5 Å². The standard InChI is InChI=1S/C35H42N6O3/c1-7-24-12-14-28-29(23(3)4)22-33(43)41(27-11-9-10-25(20-27)36-32(42)8-2)35(28)38-34(24)37-30-15-13-26(21-31(30)44-6)40-18-16-39(5)17-19-40/h8-11,13-15,20-23,37H,2,7,12,16-19H2,1,3-6H3,(H,36,42). The number of amides is 1. The number of carbonyl (C=O) groups excluding carboxylic acids is 1. The molecule has 3 aromatic rings. The van der Waals surface area contributed by atoms with Gasteiger partial charge in [-0.2, -0.15) is 0 Å². The molecule has 1 fully saturated rings. The molecule has 230 valence electrons. The van der Waals surface area contributed by atoms with Crippen molar-refractivity contribution in [2.75, 3.05) is 55.9 Å². The van der Waals surface area contributed by atoms with Crippen LogP contribution in [0.3, 0.4) is 0 Å². The number of hydrogen-bond acceptors (Lipinski definition) is 7. The van der Waals surface area contributed by atoms with E-state index in [0.29, 0.717) is 29.1 Å². The highest BCUT2D eigenvalue weighted by molar-refractivity contribution is 5.99. The van der Waals surface area contributed by atoms with E-state index in [1.54, 1.807) is 29.9 Å². The molecule has 9 heteroatoms. The maximum Gasteiger partial charge on any atom is 0.257 e. The predicted molar refractivity (Wildman–Crippen MR) is 178 cm³/mol. The number of pyridine rings is 1. The van der Waals surface area contributed by atoms with Gasteiger partial charge in [-0.25, -0.2) is 4.99 Å². The molecular weight excluding hydrogens is 552 g/mol. The summed E-state index contributed by atoms with van der Waals surface area (Å²) in [7, 11) is 3.83. The van der Waals surface area contributed by atoms with Gasteiger partial charge in [0, 0.05) is 54.9 Å². The number of nitrogens with zero attached hydrogens (tertiary/aromatic N) is 4. The van der Waals surface area contributed by atoms with Crippen LogP contribution < -0.4 is 36.5 Å². The predicted octanol–water partition coefficient (Wildman–Crippen LogP) is 4.38. The summed E-state index contributed by atoms with van der Waals surface area (Å²) in [4.78, 5) is 35.7. The molecule has 2 aliphatic rings. The van der Waals surface area contributed by atoms with Gasteiger partial charge in [-0.1, -0.05) is 39.5 Å². The van der Waals surface area contributed by atoms with Crippen LogP contribution in [0.1, 0.15) is 45.1 Å². The first-order valence-corrected chi connectivity index (χ1v) is 15.2. The molecule has 0 bridgehead atoms. The van der Waals surface area contributed by atoms with E-state index >= 15 is 0 Å². The monoisotopic (exact) mass is 594 g/mol. The number of methoxy groups -OCH3 is 1. The van der Waals surface area contributed by atoms with E-state index in [-0.39, 0.29) is 17.4 Å². The lowest BCUT2D eigenvalue weighted by molar-refractivity contribution is -0.111. The van der Waals surface area contributed by atoms with Gasteiger partial charge in [0.25, 0.3) is 5.56 Å². The van der Waals surface area contributed by atoms with Crippen molar-refractivity contribution in [3.05, 3.63) is 99.2 Å². The average molecular weight is 595 g/mol. The van der Waals surface area contributed by atoms with E-state index in [0.717, 1.165) is 66.1 Å². The van der Waals surface area contributed by atoms with Crippen molar-refractivity contribution in [2.24, 2.45) is 4.99 Å². The molecule has 0 saturated carbocycles. The molecule has 9 nitrogen and oxygen atoms in total. The molecule has 3 heterocycles.